The number of nitrogens with zero attached hydrogens (tertiary/aromatic N) is 1. The van der Waals surface area contributed by atoms with E-state index < -0.39 is 0 Å². The summed E-state index contributed by atoms with van der Waals surface area (Å²) in [4.78, 5) is 2.38. The van der Waals surface area contributed by atoms with E-state index in [1.807, 2.05) is 6.92 Å². The maximum Gasteiger partial charge on any atom is 0.0678 e. The van der Waals surface area contributed by atoms with Gasteiger partial charge >= 0.3 is 0 Å². The van der Waals surface area contributed by atoms with Crippen LogP contribution in [0, 0.1) is 0 Å². The van der Waals surface area contributed by atoms with E-state index in [1.54, 1.807) is 0 Å². The van der Waals surface area contributed by atoms with Crippen molar-refractivity contribution >= 4 is 0 Å². The lowest BCUT2D eigenvalue weighted by Gasteiger charge is -2.36. The molecule has 0 aromatic carbocycles. The molecule has 0 amide bonds. The molecule has 1 aliphatic rings. The molecule has 0 aromatic heterocycles. The summed E-state index contributed by atoms with van der Waals surface area (Å²) in [6, 6.07) is 0.266. The molecule has 1 aliphatic heterocycles. The molecule has 0 saturated carbocycles. The Balaban J connectivity index is 2.34. The Morgan fingerprint density at radius 1 is 1.42 bits per heavy atom. The Morgan fingerprint density at radius 2 is 1.92 bits per heavy atom. The van der Waals surface area contributed by atoms with Crippen molar-refractivity contribution in [3.63, 3.8) is 0 Å². The number of ether oxygens (including phenoxy) is 1. The second-order valence-corrected chi connectivity index (χ2v) is 3.95. The fourth-order valence-electron chi connectivity index (χ4n) is 1.84. The first-order valence-corrected chi connectivity index (χ1v) is 4.71. The van der Waals surface area contributed by atoms with E-state index >= 15 is 0 Å². The van der Waals surface area contributed by atoms with E-state index in [9.17, 15) is 0 Å². The van der Waals surface area contributed by atoms with Gasteiger partial charge in [-0.05, 0) is 20.8 Å². The molecule has 0 bridgehead atoms. The van der Waals surface area contributed by atoms with Crippen LogP contribution in [0.3, 0.4) is 0 Å². The number of nitrogens with two attached hydrogens (primary N) is 1. The van der Waals surface area contributed by atoms with Gasteiger partial charge in [0.15, 0.2) is 0 Å². The lowest BCUT2D eigenvalue weighted by Crippen LogP contribution is -2.48. The third-order valence-corrected chi connectivity index (χ3v) is 2.04. The van der Waals surface area contributed by atoms with E-state index in [0.717, 1.165) is 19.6 Å². The molecule has 1 heterocycles. The first-order chi connectivity index (χ1) is 5.58. The second kappa shape index (κ2) is 4.21. The number of hydrogen-bond acceptors (Lipinski definition) is 3. The van der Waals surface area contributed by atoms with Gasteiger partial charge in [0.25, 0.3) is 0 Å². The minimum Gasteiger partial charge on any atom is -0.373 e. The molecule has 0 aliphatic carbocycles. The van der Waals surface area contributed by atoms with Crippen LogP contribution in [0.5, 0.6) is 0 Å². The number of rotatable bonds is 2. The highest BCUT2D eigenvalue weighted by Crippen LogP contribution is 2.10. The third-order valence-electron chi connectivity index (χ3n) is 2.04. The molecule has 1 fully saturated rings. The smallest absolute Gasteiger partial charge is 0.0678 e. The summed E-state index contributed by atoms with van der Waals surface area (Å²) in [5.74, 6) is 0. The maximum atomic E-state index is 5.73. The van der Waals surface area contributed by atoms with Crippen LogP contribution in [0.15, 0.2) is 0 Å². The SMILES string of the molecule is C[C@H](N)CN1C[C@@H](C)O[C@@H](C)C1. The maximum absolute atomic E-state index is 5.73. The van der Waals surface area contributed by atoms with Crippen molar-refractivity contribution in [2.24, 2.45) is 5.73 Å². The Morgan fingerprint density at radius 3 is 2.33 bits per heavy atom. The van der Waals surface area contributed by atoms with Crippen molar-refractivity contribution in [1.82, 2.24) is 4.90 Å². The first kappa shape index (κ1) is 9.96. The van der Waals surface area contributed by atoms with Crippen LogP contribution in [0.25, 0.3) is 0 Å². The second-order valence-electron chi connectivity index (χ2n) is 3.95. The van der Waals surface area contributed by atoms with Crippen LogP contribution in [0.2, 0.25) is 0 Å². The molecule has 0 aromatic rings. The zero-order valence-corrected chi connectivity index (χ0v) is 8.29. The lowest BCUT2D eigenvalue weighted by molar-refractivity contribution is -0.0687. The van der Waals surface area contributed by atoms with Gasteiger partial charge in [0.2, 0.25) is 0 Å². The van der Waals surface area contributed by atoms with Crippen LogP contribution in [0.1, 0.15) is 20.8 Å². The van der Waals surface area contributed by atoms with Gasteiger partial charge in [0, 0.05) is 25.7 Å². The molecule has 72 valence electrons. The Hall–Kier alpha value is -0.120. The summed E-state index contributed by atoms with van der Waals surface area (Å²) < 4.78 is 5.62. The highest BCUT2D eigenvalue weighted by atomic mass is 16.5. The first-order valence-electron chi connectivity index (χ1n) is 4.71. The van der Waals surface area contributed by atoms with Crippen molar-refractivity contribution in [3.05, 3.63) is 0 Å². The largest absolute Gasteiger partial charge is 0.373 e. The summed E-state index contributed by atoms with van der Waals surface area (Å²) in [5.41, 5.74) is 5.73. The molecule has 0 radical (unpaired) electrons. The van der Waals surface area contributed by atoms with Crippen molar-refractivity contribution in [1.29, 1.82) is 0 Å². The monoisotopic (exact) mass is 172 g/mol. The fraction of sp³-hybridized carbons (Fsp3) is 1.00. The number of morpholine rings is 1. The Labute approximate surface area is 74.9 Å². The molecule has 1 saturated heterocycles. The summed E-state index contributed by atoms with van der Waals surface area (Å²) >= 11 is 0. The Bertz CT molecular complexity index is 126. The highest BCUT2D eigenvalue weighted by Gasteiger charge is 2.22. The molecule has 2 N–H and O–H groups in total. The van der Waals surface area contributed by atoms with Gasteiger partial charge in [-0.2, -0.15) is 0 Å². The normalized spacial score (nSPS) is 35.0. The van der Waals surface area contributed by atoms with Gasteiger partial charge in [0.05, 0.1) is 12.2 Å². The minimum absolute atomic E-state index is 0.266. The van der Waals surface area contributed by atoms with Gasteiger partial charge in [0.1, 0.15) is 0 Å². The molecule has 0 unspecified atom stereocenters. The molecule has 3 heteroatoms. The molecule has 3 atom stereocenters. The van der Waals surface area contributed by atoms with Gasteiger partial charge in [-0.25, -0.2) is 0 Å². The van der Waals surface area contributed by atoms with E-state index in [-0.39, 0.29) is 6.04 Å². The fourth-order valence-corrected chi connectivity index (χ4v) is 1.84. The van der Waals surface area contributed by atoms with Crippen LogP contribution in [-0.2, 0) is 4.74 Å². The molecular formula is C9H20N2O. The number of hydrogen-bond donors (Lipinski definition) is 1. The topological polar surface area (TPSA) is 38.5 Å². The third kappa shape index (κ3) is 3.09. The quantitative estimate of drug-likeness (QED) is 0.657. The minimum atomic E-state index is 0.266. The molecule has 3 nitrogen and oxygen atoms in total. The Kier molecular flexibility index (Phi) is 3.50. The van der Waals surface area contributed by atoms with E-state index in [1.165, 1.54) is 0 Å². The molecule has 0 spiro atoms. The summed E-state index contributed by atoms with van der Waals surface area (Å²) in [7, 11) is 0. The van der Waals surface area contributed by atoms with Gasteiger partial charge in [-0.3, -0.25) is 4.90 Å². The highest BCUT2D eigenvalue weighted by molar-refractivity contribution is 4.75. The lowest BCUT2D eigenvalue weighted by atomic mass is 10.2. The predicted molar refractivity (Wildman–Crippen MR) is 50.1 cm³/mol. The standard InChI is InChI=1S/C9H20N2O/c1-7(10)4-11-5-8(2)12-9(3)6-11/h7-9H,4-6,10H2,1-3H3/t7-,8-,9+/m0/s1. The summed E-state index contributed by atoms with van der Waals surface area (Å²) in [5, 5.41) is 0. The molecular weight excluding hydrogens is 152 g/mol. The zero-order chi connectivity index (χ0) is 9.14. The van der Waals surface area contributed by atoms with E-state index in [4.69, 9.17) is 10.5 Å². The van der Waals surface area contributed by atoms with E-state index in [0.29, 0.717) is 12.2 Å². The van der Waals surface area contributed by atoms with Gasteiger partial charge in [-0.1, -0.05) is 0 Å². The van der Waals surface area contributed by atoms with Crippen LogP contribution in [-0.4, -0.2) is 42.8 Å². The van der Waals surface area contributed by atoms with Gasteiger partial charge < -0.3 is 10.5 Å². The predicted octanol–water partition coefficient (Wildman–Crippen LogP) is 0.443. The van der Waals surface area contributed by atoms with Crippen molar-refractivity contribution in [2.45, 2.75) is 39.0 Å². The van der Waals surface area contributed by atoms with Crippen molar-refractivity contribution in [2.75, 3.05) is 19.6 Å². The van der Waals surface area contributed by atoms with E-state index in [2.05, 4.69) is 18.7 Å². The summed E-state index contributed by atoms with van der Waals surface area (Å²) in [6.45, 7) is 9.30. The molecule has 12 heavy (non-hydrogen) atoms. The summed E-state index contributed by atoms with van der Waals surface area (Å²) in [6.07, 6.45) is 0.708. The van der Waals surface area contributed by atoms with Crippen molar-refractivity contribution < 1.29 is 4.74 Å². The van der Waals surface area contributed by atoms with Crippen LogP contribution < -0.4 is 5.73 Å². The van der Waals surface area contributed by atoms with Crippen LogP contribution >= 0.6 is 0 Å². The molecule has 1 rings (SSSR count). The average molecular weight is 172 g/mol. The van der Waals surface area contributed by atoms with Crippen molar-refractivity contribution in [3.8, 4) is 0 Å². The van der Waals surface area contributed by atoms with Gasteiger partial charge in [-0.15, -0.1) is 0 Å². The average Bonchev–Trinajstić information content (AvgIpc) is 1.81. The van der Waals surface area contributed by atoms with Crippen LogP contribution in [0.4, 0.5) is 0 Å². The zero-order valence-electron chi connectivity index (χ0n) is 8.29.